The predicted octanol–water partition coefficient (Wildman–Crippen LogP) is 3.53. The van der Waals surface area contributed by atoms with Crippen molar-refractivity contribution in [3.8, 4) is 12.1 Å². The van der Waals surface area contributed by atoms with Crippen LogP contribution in [-0.2, 0) is 28.7 Å². The Morgan fingerprint density at radius 3 is 1.29 bits per heavy atom. The number of carbonyl (C=O) groups is 4. The molecule has 0 unspecified atom stereocenters. The minimum Gasteiger partial charge on any atom is -0.465 e. The van der Waals surface area contributed by atoms with Crippen molar-refractivity contribution in [1.82, 2.24) is 20.4 Å². The molecule has 4 atom stereocenters. The topological polar surface area (TPSA) is 165 Å². The molecule has 6 aliphatic carbocycles. The second kappa shape index (κ2) is 15.3. The van der Waals surface area contributed by atoms with Crippen molar-refractivity contribution in [1.29, 1.82) is 10.5 Å². The number of alkyl halides is 2. The summed E-state index contributed by atoms with van der Waals surface area (Å²) < 4.78 is 39.0. The number of hydrogen-bond donors (Lipinski definition) is 2. The first-order valence-electron chi connectivity index (χ1n) is 18.9. The van der Waals surface area contributed by atoms with E-state index in [1.807, 2.05) is 0 Å². The molecule has 12 nitrogen and oxygen atoms in total. The first kappa shape index (κ1) is 37.4. The summed E-state index contributed by atoms with van der Waals surface area (Å²) in [5.41, 5.74) is -1.75. The number of carbonyl (C=O) groups excluding carboxylic acids is 4. The maximum absolute atomic E-state index is 13.8. The van der Waals surface area contributed by atoms with Gasteiger partial charge >= 0.3 is 11.9 Å². The number of likely N-dealkylation sites (tertiary alicyclic amines) is 2. The van der Waals surface area contributed by atoms with Gasteiger partial charge in [-0.2, -0.15) is 10.5 Å². The second-order valence-corrected chi connectivity index (χ2v) is 16.4. The van der Waals surface area contributed by atoms with Crippen molar-refractivity contribution < 1.29 is 37.4 Å². The number of hydrogen-bond acceptors (Lipinski definition) is 10. The van der Waals surface area contributed by atoms with Crippen LogP contribution >= 0.6 is 0 Å². The third-order valence-corrected chi connectivity index (χ3v) is 13.1. The minimum absolute atomic E-state index is 0.00606. The van der Waals surface area contributed by atoms with Gasteiger partial charge < -0.3 is 20.1 Å². The molecule has 8 fully saturated rings. The Hall–Kier alpha value is -3.36. The Bertz CT molecular complexity index is 1280. The summed E-state index contributed by atoms with van der Waals surface area (Å²) in [4.78, 5) is 55.1. The number of fused-ring (bicyclic) bond motifs is 6. The van der Waals surface area contributed by atoms with E-state index in [4.69, 9.17) is 9.47 Å². The van der Waals surface area contributed by atoms with E-state index in [0.717, 1.165) is 6.42 Å². The molecule has 2 heterocycles. The van der Waals surface area contributed by atoms with Crippen LogP contribution in [-0.4, -0.2) is 108 Å². The van der Waals surface area contributed by atoms with Crippen molar-refractivity contribution in [2.24, 2.45) is 10.8 Å². The zero-order chi connectivity index (χ0) is 36.3. The molecule has 0 aromatic carbocycles. The van der Waals surface area contributed by atoms with Crippen molar-refractivity contribution in [3.05, 3.63) is 0 Å². The Morgan fingerprint density at radius 2 is 0.961 bits per heavy atom. The van der Waals surface area contributed by atoms with Crippen LogP contribution in [0.1, 0.15) is 109 Å². The van der Waals surface area contributed by atoms with Crippen molar-refractivity contribution in [3.63, 3.8) is 0 Å². The van der Waals surface area contributed by atoms with Gasteiger partial charge in [-0.15, -0.1) is 0 Å². The molecular formula is C37H52F2N6O6. The summed E-state index contributed by atoms with van der Waals surface area (Å²) in [7, 11) is 0. The fourth-order valence-electron chi connectivity index (χ4n) is 9.73. The summed E-state index contributed by atoms with van der Waals surface area (Å²) in [6, 6.07) is 3.01. The lowest BCUT2D eigenvalue weighted by Gasteiger charge is -2.52. The molecule has 4 bridgehead atoms. The molecule has 0 aromatic rings. The zero-order valence-corrected chi connectivity index (χ0v) is 29.6. The second-order valence-electron chi connectivity index (χ2n) is 16.4. The molecule has 2 amide bonds. The van der Waals surface area contributed by atoms with Crippen molar-refractivity contribution in [2.45, 2.75) is 145 Å². The van der Waals surface area contributed by atoms with Crippen LogP contribution in [0.4, 0.5) is 8.78 Å². The minimum atomic E-state index is -1.09. The molecule has 2 saturated heterocycles. The summed E-state index contributed by atoms with van der Waals surface area (Å²) in [6.45, 7) is 0.828. The monoisotopic (exact) mass is 714 g/mol. The van der Waals surface area contributed by atoms with Crippen LogP contribution in [0, 0.1) is 33.5 Å². The van der Waals surface area contributed by atoms with Gasteiger partial charge in [0.2, 0.25) is 11.8 Å². The third-order valence-electron chi connectivity index (χ3n) is 13.1. The predicted molar refractivity (Wildman–Crippen MR) is 179 cm³/mol. The van der Waals surface area contributed by atoms with Crippen LogP contribution in [0.15, 0.2) is 0 Å². The highest BCUT2D eigenvalue weighted by molar-refractivity contribution is 5.81. The van der Waals surface area contributed by atoms with Gasteiger partial charge in [-0.3, -0.25) is 29.0 Å². The molecule has 8 rings (SSSR count). The van der Waals surface area contributed by atoms with Gasteiger partial charge in [0.1, 0.15) is 24.4 Å². The molecule has 6 saturated carbocycles. The van der Waals surface area contributed by atoms with E-state index in [1.165, 1.54) is 0 Å². The summed E-state index contributed by atoms with van der Waals surface area (Å²) in [5, 5.41) is 24.8. The number of unbranched alkanes of at least 4 members (excludes halogenated alkanes) is 2. The summed E-state index contributed by atoms with van der Waals surface area (Å²) in [6.07, 6.45) is 8.23. The molecule has 0 radical (unpaired) electrons. The Morgan fingerprint density at radius 1 is 0.608 bits per heavy atom. The maximum Gasteiger partial charge on any atom is 0.312 e. The Kier molecular flexibility index (Phi) is 11.2. The number of amides is 2. The number of halogens is 2. The zero-order valence-electron chi connectivity index (χ0n) is 29.6. The summed E-state index contributed by atoms with van der Waals surface area (Å²) >= 11 is 0. The number of nitrogens with one attached hydrogen (secondary N) is 2. The number of nitriles is 2. The largest absolute Gasteiger partial charge is 0.465 e. The van der Waals surface area contributed by atoms with Gasteiger partial charge in [0.25, 0.3) is 0 Å². The Balaban J connectivity index is 0.831. The molecule has 2 aliphatic heterocycles. The van der Waals surface area contributed by atoms with Crippen LogP contribution < -0.4 is 10.6 Å². The van der Waals surface area contributed by atoms with E-state index >= 15 is 0 Å². The molecule has 2 N–H and O–H groups in total. The van der Waals surface area contributed by atoms with E-state index in [0.29, 0.717) is 103 Å². The molecule has 0 spiro atoms. The lowest BCUT2D eigenvalue weighted by molar-refractivity contribution is -0.164. The summed E-state index contributed by atoms with van der Waals surface area (Å²) in [5.74, 6) is -0.741. The number of rotatable bonds is 14. The SMILES string of the molecule is N#C[C@@H]1C[C@H](F)CN1CC(=O)NC12CCC(C(=O)OCCCCCOC(=O)C34CCC(NC(=O)CN5C[C@@H](F)C[C@H]5C#N)(CC3)CC4)(CC1)CC2. The highest BCUT2D eigenvalue weighted by Gasteiger charge is 2.55. The number of esters is 2. The van der Waals surface area contributed by atoms with Gasteiger partial charge in [0.15, 0.2) is 0 Å². The average molecular weight is 715 g/mol. The highest BCUT2D eigenvalue weighted by atomic mass is 19.1. The molecule has 0 aromatic heterocycles. The lowest BCUT2D eigenvalue weighted by atomic mass is 9.57. The van der Waals surface area contributed by atoms with Crippen LogP contribution in [0.2, 0.25) is 0 Å². The molecule has 8 aliphatic rings. The maximum atomic E-state index is 13.8. The van der Waals surface area contributed by atoms with Gasteiger partial charge in [0.05, 0.1) is 49.3 Å². The van der Waals surface area contributed by atoms with Gasteiger partial charge in [-0.05, 0) is 96.3 Å². The van der Waals surface area contributed by atoms with E-state index in [2.05, 4.69) is 22.8 Å². The standard InChI is InChI=1S/C37H52F2N6O6/c38-26-18-28(20-40)44(22-26)24-30(46)42-36-10-4-34(5-11-36,6-12-36)32(48)50-16-2-1-3-17-51-33(49)35-7-13-37(14-8-35,15-9-35)43-31(47)25-45-23-27(39)19-29(45)21-41/h26-29H,1-19,22-25H2,(H,42,46)(H,43,47)/t26-,27-,28-,29-,34?,35?,36?,37?/m0/s1. The van der Waals surface area contributed by atoms with Gasteiger partial charge in [-0.25, -0.2) is 8.78 Å². The van der Waals surface area contributed by atoms with E-state index in [9.17, 15) is 38.5 Å². The number of ether oxygens (including phenoxy) is 2. The van der Waals surface area contributed by atoms with Crippen molar-refractivity contribution in [2.75, 3.05) is 39.4 Å². The normalized spacial score (nSPS) is 37.3. The van der Waals surface area contributed by atoms with Crippen LogP contribution in [0.5, 0.6) is 0 Å². The van der Waals surface area contributed by atoms with E-state index in [-0.39, 0.29) is 73.9 Å². The lowest BCUT2D eigenvalue weighted by Crippen LogP contribution is -2.59. The first-order chi connectivity index (χ1) is 24.4. The fourth-order valence-corrected chi connectivity index (χ4v) is 9.73. The van der Waals surface area contributed by atoms with E-state index < -0.39 is 35.3 Å². The quantitative estimate of drug-likeness (QED) is 0.201. The Labute approximate surface area is 298 Å². The first-order valence-corrected chi connectivity index (χ1v) is 18.9. The highest BCUT2D eigenvalue weighted by Crippen LogP contribution is 2.54. The van der Waals surface area contributed by atoms with E-state index in [1.54, 1.807) is 9.80 Å². The average Bonchev–Trinajstić information content (AvgIpc) is 3.67. The van der Waals surface area contributed by atoms with Gasteiger partial charge in [0, 0.05) is 37.0 Å². The smallest absolute Gasteiger partial charge is 0.312 e. The molecule has 51 heavy (non-hydrogen) atoms. The van der Waals surface area contributed by atoms with Crippen LogP contribution in [0.25, 0.3) is 0 Å². The third kappa shape index (κ3) is 8.17. The molecular weight excluding hydrogens is 662 g/mol. The van der Waals surface area contributed by atoms with Gasteiger partial charge in [-0.1, -0.05) is 0 Å². The van der Waals surface area contributed by atoms with Crippen molar-refractivity contribution >= 4 is 23.8 Å². The number of nitrogens with zero attached hydrogens (tertiary/aromatic N) is 4. The molecule has 14 heteroatoms. The molecule has 280 valence electrons. The fraction of sp³-hybridized carbons (Fsp3) is 0.838. The van der Waals surface area contributed by atoms with Crippen LogP contribution in [0.3, 0.4) is 0 Å².